The molecular weight excluding hydrogens is 172 g/mol. The van der Waals surface area contributed by atoms with Gasteiger partial charge in [-0.2, -0.15) is 0 Å². The molecule has 14 heavy (non-hydrogen) atoms. The average Bonchev–Trinajstić information content (AvgIpc) is 2.16. The molecule has 70 valence electrons. The van der Waals surface area contributed by atoms with E-state index < -0.39 is 0 Å². The van der Waals surface area contributed by atoms with Crippen molar-refractivity contribution in [3.05, 3.63) is 47.0 Å². The van der Waals surface area contributed by atoms with Crippen LogP contribution in [-0.2, 0) is 0 Å². The van der Waals surface area contributed by atoms with Crippen molar-refractivity contribution in [2.45, 2.75) is 13.8 Å². The van der Waals surface area contributed by atoms with E-state index >= 15 is 0 Å². The maximum Gasteiger partial charge on any atom is 0.150 e. The number of aryl methyl sites for hydroxylation is 2. The second-order valence-corrected chi connectivity index (χ2v) is 3.68. The quantitative estimate of drug-likeness (QED) is 0.622. The first kappa shape index (κ1) is 8.95. The van der Waals surface area contributed by atoms with Crippen molar-refractivity contribution >= 4 is 17.1 Å². The molecule has 2 aromatic rings. The van der Waals surface area contributed by atoms with Gasteiger partial charge in [0.25, 0.3) is 0 Å². The van der Waals surface area contributed by atoms with Gasteiger partial charge in [0.1, 0.15) is 6.29 Å². The number of hydrogen-bond donors (Lipinski definition) is 0. The molecule has 0 aliphatic rings. The topological polar surface area (TPSA) is 17.1 Å². The van der Waals surface area contributed by atoms with Crippen LogP contribution in [0.15, 0.2) is 30.3 Å². The van der Waals surface area contributed by atoms with Crippen LogP contribution < -0.4 is 0 Å². The van der Waals surface area contributed by atoms with Crippen molar-refractivity contribution in [1.29, 1.82) is 0 Å². The van der Waals surface area contributed by atoms with E-state index in [9.17, 15) is 4.79 Å². The highest BCUT2D eigenvalue weighted by Crippen LogP contribution is 2.19. The molecule has 1 heteroatoms. The number of hydrogen-bond acceptors (Lipinski definition) is 1. The average molecular weight is 184 g/mol. The van der Waals surface area contributed by atoms with Gasteiger partial charge >= 0.3 is 0 Å². The lowest BCUT2D eigenvalue weighted by molar-refractivity contribution is 0.112. The van der Waals surface area contributed by atoms with Gasteiger partial charge < -0.3 is 0 Å². The molecule has 0 aliphatic carbocycles. The Morgan fingerprint density at radius 1 is 1.00 bits per heavy atom. The van der Waals surface area contributed by atoms with Crippen LogP contribution in [0.4, 0.5) is 0 Å². The van der Waals surface area contributed by atoms with Gasteiger partial charge in [-0.3, -0.25) is 4.79 Å². The van der Waals surface area contributed by atoms with Gasteiger partial charge in [-0.15, -0.1) is 0 Å². The summed E-state index contributed by atoms with van der Waals surface area (Å²) in [6.07, 6.45) is 0.911. The summed E-state index contributed by atoms with van der Waals surface area (Å²) in [7, 11) is 0. The number of carbonyl (C=O) groups excluding carboxylic acids is 1. The molecule has 0 unspecified atom stereocenters. The summed E-state index contributed by atoms with van der Waals surface area (Å²) in [6.45, 7) is 4.04. The van der Waals surface area contributed by atoms with E-state index in [4.69, 9.17) is 0 Å². The van der Waals surface area contributed by atoms with Crippen molar-refractivity contribution < 1.29 is 4.79 Å². The van der Waals surface area contributed by atoms with Gasteiger partial charge in [-0.1, -0.05) is 29.8 Å². The molecule has 0 radical (unpaired) electrons. The largest absolute Gasteiger partial charge is 0.298 e. The summed E-state index contributed by atoms with van der Waals surface area (Å²) in [5.41, 5.74) is 3.07. The van der Waals surface area contributed by atoms with E-state index in [2.05, 4.69) is 31.2 Å². The molecule has 2 aromatic carbocycles. The number of fused-ring (bicyclic) bond motifs is 1. The molecule has 0 N–H and O–H groups in total. The third kappa shape index (κ3) is 1.41. The van der Waals surface area contributed by atoms with Crippen LogP contribution in [0.3, 0.4) is 0 Å². The lowest BCUT2D eigenvalue weighted by atomic mass is 10.0. The van der Waals surface area contributed by atoms with Crippen molar-refractivity contribution in [3.63, 3.8) is 0 Å². The second-order valence-electron chi connectivity index (χ2n) is 3.68. The molecule has 0 saturated heterocycles. The Morgan fingerprint density at radius 2 is 1.79 bits per heavy atom. The molecule has 0 aromatic heterocycles. The highest BCUT2D eigenvalue weighted by Gasteiger charge is 2.00. The van der Waals surface area contributed by atoms with Gasteiger partial charge in [-0.25, -0.2) is 0 Å². The number of benzene rings is 2. The molecule has 0 fully saturated rings. The van der Waals surface area contributed by atoms with Crippen LogP contribution in [0, 0.1) is 13.8 Å². The third-order valence-corrected chi connectivity index (χ3v) is 2.51. The first-order valence-corrected chi connectivity index (χ1v) is 4.67. The first-order valence-electron chi connectivity index (χ1n) is 4.67. The molecule has 1 nitrogen and oxygen atoms in total. The summed E-state index contributed by atoms with van der Waals surface area (Å²) >= 11 is 0. The molecule has 0 heterocycles. The maximum atomic E-state index is 10.7. The molecule has 2 rings (SSSR count). The third-order valence-electron chi connectivity index (χ3n) is 2.51. The molecule has 0 saturated carbocycles. The van der Waals surface area contributed by atoms with E-state index in [1.165, 1.54) is 10.9 Å². The summed E-state index contributed by atoms with van der Waals surface area (Å²) in [4.78, 5) is 10.7. The minimum absolute atomic E-state index is 0.779. The predicted molar refractivity (Wildman–Crippen MR) is 58.8 cm³/mol. The molecular formula is C13H12O. The van der Waals surface area contributed by atoms with Gasteiger partial charge in [0, 0.05) is 5.56 Å². The number of aldehydes is 1. The van der Waals surface area contributed by atoms with Crippen LogP contribution in [0.5, 0.6) is 0 Å². The SMILES string of the molecule is Cc1ccc2cc(C=O)c(C)cc2c1. The molecule has 0 atom stereocenters. The first-order chi connectivity index (χ1) is 6.70. The fourth-order valence-electron chi connectivity index (χ4n) is 1.68. The Bertz CT molecular complexity index is 498. The van der Waals surface area contributed by atoms with Crippen LogP contribution in [0.25, 0.3) is 10.8 Å². The Hall–Kier alpha value is -1.63. The number of rotatable bonds is 1. The summed E-state index contributed by atoms with van der Waals surface area (Å²) in [5, 5.41) is 2.33. The fourth-order valence-corrected chi connectivity index (χ4v) is 1.68. The van der Waals surface area contributed by atoms with Crippen LogP contribution in [-0.4, -0.2) is 6.29 Å². The van der Waals surface area contributed by atoms with Crippen molar-refractivity contribution in [3.8, 4) is 0 Å². The maximum absolute atomic E-state index is 10.7. The van der Waals surface area contributed by atoms with E-state index in [0.29, 0.717) is 0 Å². The highest BCUT2D eigenvalue weighted by atomic mass is 16.1. The zero-order valence-corrected chi connectivity index (χ0v) is 8.37. The van der Waals surface area contributed by atoms with Crippen LogP contribution in [0.2, 0.25) is 0 Å². The van der Waals surface area contributed by atoms with Gasteiger partial charge in [-0.05, 0) is 36.2 Å². The second kappa shape index (κ2) is 3.26. The van der Waals surface area contributed by atoms with E-state index in [1.54, 1.807) is 0 Å². The number of carbonyl (C=O) groups is 1. The summed E-state index contributed by atoms with van der Waals surface area (Å²) in [6, 6.07) is 10.3. The lowest BCUT2D eigenvalue weighted by Crippen LogP contribution is -1.86. The Morgan fingerprint density at radius 3 is 2.50 bits per heavy atom. The minimum Gasteiger partial charge on any atom is -0.298 e. The highest BCUT2D eigenvalue weighted by molar-refractivity contribution is 5.90. The van der Waals surface area contributed by atoms with E-state index in [0.717, 1.165) is 22.8 Å². The Labute approximate surface area is 83.4 Å². The van der Waals surface area contributed by atoms with Gasteiger partial charge in [0.05, 0.1) is 0 Å². The lowest BCUT2D eigenvalue weighted by Gasteiger charge is -2.03. The molecule has 0 aliphatic heterocycles. The van der Waals surface area contributed by atoms with Gasteiger partial charge in [0.2, 0.25) is 0 Å². The van der Waals surface area contributed by atoms with E-state index in [-0.39, 0.29) is 0 Å². The zero-order valence-electron chi connectivity index (χ0n) is 8.37. The minimum atomic E-state index is 0.779. The fraction of sp³-hybridized carbons (Fsp3) is 0.154. The molecule has 0 spiro atoms. The smallest absolute Gasteiger partial charge is 0.150 e. The van der Waals surface area contributed by atoms with Crippen molar-refractivity contribution in [2.75, 3.05) is 0 Å². The summed E-state index contributed by atoms with van der Waals surface area (Å²) in [5.74, 6) is 0. The van der Waals surface area contributed by atoms with E-state index in [1.807, 2.05) is 13.0 Å². The standard InChI is InChI=1S/C13H12O/c1-9-3-4-11-7-13(8-14)10(2)6-12(11)5-9/h3-8H,1-2H3. The van der Waals surface area contributed by atoms with Crippen molar-refractivity contribution in [1.82, 2.24) is 0 Å². The van der Waals surface area contributed by atoms with Gasteiger partial charge in [0.15, 0.2) is 0 Å². The van der Waals surface area contributed by atoms with Crippen LogP contribution in [0.1, 0.15) is 21.5 Å². The monoisotopic (exact) mass is 184 g/mol. The molecule has 0 bridgehead atoms. The Balaban J connectivity index is 2.79. The van der Waals surface area contributed by atoms with Crippen molar-refractivity contribution in [2.24, 2.45) is 0 Å². The molecule has 0 amide bonds. The summed E-state index contributed by atoms with van der Waals surface area (Å²) < 4.78 is 0. The predicted octanol–water partition coefficient (Wildman–Crippen LogP) is 3.27. The van der Waals surface area contributed by atoms with Crippen LogP contribution >= 0.6 is 0 Å². The Kier molecular flexibility index (Phi) is 2.08. The zero-order chi connectivity index (χ0) is 10.1. The normalized spacial score (nSPS) is 10.4.